The van der Waals surface area contributed by atoms with Crippen LogP contribution >= 0.6 is 23.2 Å². The summed E-state index contributed by atoms with van der Waals surface area (Å²) in [5, 5.41) is 4.40. The Morgan fingerprint density at radius 3 is 2.27 bits per heavy atom. The maximum atomic E-state index is 6.05. The molecule has 26 heavy (non-hydrogen) atoms. The van der Waals surface area contributed by atoms with Crippen LogP contribution in [0.3, 0.4) is 0 Å². The Balaban J connectivity index is 1.53. The van der Waals surface area contributed by atoms with Gasteiger partial charge in [0.05, 0.1) is 10.0 Å². The van der Waals surface area contributed by atoms with E-state index in [4.69, 9.17) is 32.7 Å². The number of para-hydroxylation sites is 2. The summed E-state index contributed by atoms with van der Waals surface area (Å²) in [5.41, 5.74) is 1.96. The molecule has 1 N–H and O–H groups in total. The fourth-order valence-electron chi connectivity index (χ4n) is 2.42. The summed E-state index contributed by atoms with van der Waals surface area (Å²) in [6.45, 7) is 1.57. The molecule has 0 spiro atoms. The van der Waals surface area contributed by atoms with Gasteiger partial charge in [-0.15, -0.1) is 0 Å². The number of hydrogen-bond acceptors (Lipinski definition) is 3. The van der Waals surface area contributed by atoms with Crippen LogP contribution in [0.5, 0.6) is 11.5 Å². The Morgan fingerprint density at radius 1 is 0.731 bits per heavy atom. The average Bonchev–Trinajstić information content (AvgIpc) is 2.68. The Hall–Kier alpha value is -2.36. The quantitative estimate of drug-likeness (QED) is 0.476. The number of rotatable bonds is 8. The van der Waals surface area contributed by atoms with Gasteiger partial charge in [-0.05, 0) is 36.4 Å². The molecule has 134 valence electrons. The zero-order valence-electron chi connectivity index (χ0n) is 14.1. The maximum Gasteiger partial charge on any atom is 0.124 e. The number of halogens is 2. The SMILES string of the molecule is Clc1ccc(NCc2ccccc2OCCOc2ccccc2)cc1Cl. The molecule has 3 nitrogen and oxygen atoms in total. The molecule has 0 saturated heterocycles. The predicted octanol–water partition coefficient (Wildman–Crippen LogP) is 6.06. The number of benzene rings is 3. The van der Waals surface area contributed by atoms with Crippen molar-refractivity contribution >= 4 is 28.9 Å². The van der Waals surface area contributed by atoms with Gasteiger partial charge in [-0.2, -0.15) is 0 Å². The van der Waals surface area contributed by atoms with Gasteiger partial charge in [0.1, 0.15) is 24.7 Å². The van der Waals surface area contributed by atoms with E-state index in [9.17, 15) is 0 Å². The first-order valence-electron chi connectivity index (χ1n) is 8.30. The van der Waals surface area contributed by atoms with Gasteiger partial charge in [0.25, 0.3) is 0 Å². The third-order valence-corrected chi connectivity index (χ3v) is 4.47. The second-order valence-corrected chi connectivity index (χ2v) is 6.41. The molecule has 0 atom stereocenters. The molecule has 5 heteroatoms. The average molecular weight is 388 g/mol. The molecule has 0 radical (unpaired) electrons. The minimum atomic E-state index is 0.471. The van der Waals surface area contributed by atoms with Gasteiger partial charge in [-0.3, -0.25) is 0 Å². The normalized spacial score (nSPS) is 10.4. The molecule has 0 bridgehead atoms. The number of nitrogens with one attached hydrogen (secondary N) is 1. The Kier molecular flexibility index (Phi) is 6.64. The van der Waals surface area contributed by atoms with Crippen molar-refractivity contribution in [2.75, 3.05) is 18.5 Å². The zero-order chi connectivity index (χ0) is 18.2. The van der Waals surface area contributed by atoms with Crippen LogP contribution in [-0.2, 0) is 6.54 Å². The van der Waals surface area contributed by atoms with E-state index in [1.807, 2.05) is 60.7 Å². The fraction of sp³-hybridized carbons (Fsp3) is 0.143. The van der Waals surface area contributed by atoms with Crippen LogP contribution < -0.4 is 14.8 Å². The standard InChI is InChI=1S/C21H19Cl2NO2/c22-19-11-10-17(14-20(19)23)24-15-16-6-4-5-9-21(16)26-13-12-25-18-7-2-1-3-8-18/h1-11,14,24H,12-13,15H2. The lowest BCUT2D eigenvalue weighted by molar-refractivity contribution is 0.216. The van der Waals surface area contributed by atoms with Crippen molar-refractivity contribution in [2.45, 2.75) is 6.54 Å². The summed E-state index contributed by atoms with van der Waals surface area (Å²) in [6.07, 6.45) is 0. The molecule has 0 amide bonds. The van der Waals surface area contributed by atoms with Crippen molar-refractivity contribution in [1.82, 2.24) is 0 Å². The molecule has 0 aliphatic rings. The van der Waals surface area contributed by atoms with Crippen molar-refractivity contribution in [3.8, 4) is 11.5 Å². The fourth-order valence-corrected chi connectivity index (χ4v) is 2.72. The van der Waals surface area contributed by atoms with Crippen molar-refractivity contribution in [1.29, 1.82) is 0 Å². The molecular formula is C21H19Cl2NO2. The van der Waals surface area contributed by atoms with Gasteiger partial charge in [-0.25, -0.2) is 0 Å². The molecule has 3 aromatic carbocycles. The summed E-state index contributed by atoms with van der Waals surface area (Å²) in [5.74, 6) is 1.67. The van der Waals surface area contributed by atoms with Crippen LogP contribution in [0.1, 0.15) is 5.56 Å². The number of hydrogen-bond donors (Lipinski definition) is 1. The first-order chi connectivity index (χ1) is 12.7. The van der Waals surface area contributed by atoms with Crippen LogP contribution in [0.2, 0.25) is 10.0 Å². The van der Waals surface area contributed by atoms with Crippen molar-refractivity contribution in [3.63, 3.8) is 0 Å². The van der Waals surface area contributed by atoms with Gasteiger partial charge < -0.3 is 14.8 Å². The van der Waals surface area contributed by atoms with Crippen molar-refractivity contribution < 1.29 is 9.47 Å². The number of ether oxygens (including phenoxy) is 2. The summed E-state index contributed by atoms with van der Waals surface area (Å²) in [7, 11) is 0. The first-order valence-corrected chi connectivity index (χ1v) is 9.05. The summed E-state index contributed by atoms with van der Waals surface area (Å²) >= 11 is 12.0. The van der Waals surface area contributed by atoms with Gasteiger partial charge >= 0.3 is 0 Å². The van der Waals surface area contributed by atoms with Crippen LogP contribution in [0.4, 0.5) is 5.69 Å². The van der Waals surface area contributed by atoms with Gasteiger partial charge in [0.2, 0.25) is 0 Å². The topological polar surface area (TPSA) is 30.5 Å². The lowest BCUT2D eigenvalue weighted by atomic mass is 10.2. The van der Waals surface area contributed by atoms with E-state index in [1.165, 1.54) is 0 Å². The molecule has 0 unspecified atom stereocenters. The van der Waals surface area contributed by atoms with Gasteiger partial charge in [0, 0.05) is 17.8 Å². The minimum absolute atomic E-state index is 0.471. The summed E-state index contributed by atoms with van der Waals surface area (Å²) in [6, 6.07) is 23.1. The summed E-state index contributed by atoms with van der Waals surface area (Å²) < 4.78 is 11.5. The van der Waals surface area contributed by atoms with Crippen molar-refractivity contribution in [2.24, 2.45) is 0 Å². The molecule has 0 aliphatic carbocycles. The van der Waals surface area contributed by atoms with Crippen LogP contribution in [0.25, 0.3) is 0 Å². The van der Waals surface area contributed by atoms with E-state index in [0.717, 1.165) is 22.7 Å². The Morgan fingerprint density at radius 2 is 1.46 bits per heavy atom. The third-order valence-electron chi connectivity index (χ3n) is 3.73. The highest BCUT2D eigenvalue weighted by atomic mass is 35.5. The predicted molar refractivity (Wildman–Crippen MR) is 108 cm³/mol. The van der Waals surface area contributed by atoms with E-state index >= 15 is 0 Å². The monoisotopic (exact) mass is 387 g/mol. The second kappa shape index (κ2) is 9.37. The summed E-state index contributed by atoms with van der Waals surface area (Å²) in [4.78, 5) is 0. The van der Waals surface area contributed by atoms with E-state index in [2.05, 4.69) is 5.32 Å². The molecular weight excluding hydrogens is 369 g/mol. The second-order valence-electron chi connectivity index (χ2n) is 5.60. The molecule has 0 aromatic heterocycles. The minimum Gasteiger partial charge on any atom is -0.490 e. The highest BCUT2D eigenvalue weighted by Gasteiger charge is 2.05. The zero-order valence-corrected chi connectivity index (χ0v) is 15.6. The third kappa shape index (κ3) is 5.32. The maximum absolute atomic E-state index is 6.05. The number of anilines is 1. The van der Waals surface area contributed by atoms with Crippen LogP contribution in [0.15, 0.2) is 72.8 Å². The van der Waals surface area contributed by atoms with E-state index < -0.39 is 0 Å². The molecule has 3 aromatic rings. The van der Waals surface area contributed by atoms with Crippen molar-refractivity contribution in [3.05, 3.63) is 88.4 Å². The van der Waals surface area contributed by atoms with E-state index in [1.54, 1.807) is 12.1 Å². The molecule has 0 fully saturated rings. The smallest absolute Gasteiger partial charge is 0.124 e. The van der Waals surface area contributed by atoms with E-state index in [0.29, 0.717) is 29.8 Å². The van der Waals surface area contributed by atoms with Crippen LogP contribution in [-0.4, -0.2) is 13.2 Å². The Bertz CT molecular complexity index is 840. The first kappa shape index (κ1) is 18.4. The van der Waals surface area contributed by atoms with Crippen LogP contribution in [0, 0.1) is 0 Å². The molecule has 0 saturated carbocycles. The molecule has 0 aliphatic heterocycles. The highest BCUT2D eigenvalue weighted by Crippen LogP contribution is 2.26. The highest BCUT2D eigenvalue weighted by molar-refractivity contribution is 6.42. The van der Waals surface area contributed by atoms with E-state index in [-0.39, 0.29) is 0 Å². The lowest BCUT2D eigenvalue weighted by Gasteiger charge is -2.13. The Labute approximate surface area is 163 Å². The largest absolute Gasteiger partial charge is 0.490 e. The van der Waals surface area contributed by atoms with Gasteiger partial charge in [-0.1, -0.05) is 59.6 Å². The van der Waals surface area contributed by atoms with Gasteiger partial charge in [0.15, 0.2) is 0 Å². The molecule has 3 rings (SSSR count). The lowest BCUT2D eigenvalue weighted by Crippen LogP contribution is -2.10. The molecule has 0 heterocycles.